The summed E-state index contributed by atoms with van der Waals surface area (Å²) in [6, 6.07) is 23.3. The molecule has 0 spiro atoms. The quantitative estimate of drug-likeness (QED) is 0.142. The summed E-state index contributed by atoms with van der Waals surface area (Å²) in [5, 5.41) is 10.8. The van der Waals surface area contributed by atoms with Crippen LogP contribution in [0.1, 0.15) is 59.8 Å². The zero-order valence-electron chi connectivity index (χ0n) is 24.1. The third-order valence-electron chi connectivity index (χ3n) is 6.59. The zero-order chi connectivity index (χ0) is 31.3. The first-order valence-electron chi connectivity index (χ1n) is 13.9. The molecule has 1 amide bonds. The van der Waals surface area contributed by atoms with Gasteiger partial charge in [-0.15, -0.1) is 0 Å². The van der Waals surface area contributed by atoms with Gasteiger partial charge in [-0.1, -0.05) is 120 Å². The standard InChI is InChI=1S/C32H29Cl3N4O5/c1-4-36-30(40)27-26(29-37-31(44-39-29)32(33,34)35)28(43-38-27)23-15-22(19(2)3)24(41-17-20-11-7-5-8-12-20)16-25(23)42-18-21-13-9-6-10-14-21/h5-16,19H,4,17-18H2,1-3H3,(H,36,40). The Morgan fingerprint density at radius 3 is 2.05 bits per heavy atom. The fourth-order valence-corrected chi connectivity index (χ4v) is 4.67. The molecule has 3 aromatic carbocycles. The predicted molar refractivity (Wildman–Crippen MR) is 168 cm³/mol. The number of carbonyl (C=O) groups excluding carboxylic acids is 1. The first-order valence-corrected chi connectivity index (χ1v) is 15.0. The summed E-state index contributed by atoms with van der Waals surface area (Å²) < 4.78 is 21.8. The van der Waals surface area contributed by atoms with Crippen LogP contribution in [0.5, 0.6) is 11.5 Å². The molecular weight excluding hydrogens is 627 g/mol. The number of alkyl halides is 3. The fraction of sp³-hybridized carbons (Fsp3) is 0.250. The maximum Gasteiger partial charge on any atom is 0.279 e. The molecule has 0 atom stereocenters. The topological polar surface area (TPSA) is 113 Å². The molecule has 0 aliphatic carbocycles. The van der Waals surface area contributed by atoms with Crippen LogP contribution in [0.25, 0.3) is 22.7 Å². The molecule has 0 bridgehead atoms. The van der Waals surface area contributed by atoms with Crippen molar-refractivity contribution in [3.8, 4) is 34.2 Å². The number of benzene rings is 3. The molecular formula is C32H29Cl3N4O5. The fourth-order valence-electron chi connectivity index (χ4n) is 4.44. The van der Waals surface area contributed by atoms with Gasteiger partial charge in [0.2, 0.25) is 5.82 Å². The van der Waals surface area contributed by atoms with E-state index < -0.39 is 9.70 Å². The van der Waals surface area contributed by atoms with Gasteiger partial charge in [-0.25, -0.2) is 0 Å². The molecule has 0 saturated heterocycles. The van der Waals surface area contributed by atoms with Crippen molar-refractivity contribution in [1.29, 1.82) is 0 Å². The summed E-state index contributed by atoms with van der Waals surface area (Å²) in [5.41, 5.74) is 3.42. The van der Waals surface area contributed by atoms with E-state index in [2.05, 4.69) is 20.6 Å². The molecule has 0 fully saturated rings. The normalized spacial score (nSPS) is 11.5. The van der Waals surface area contributed by atoms with E-state index in [1.165, 1.54) is 0 Å². The van der Waals surface area contributed by atoms with Crippen LogP contribution in [0.3, 0.4) is 0 Å². The maximum atomic E-state index is 13.1. The first kappa shape index (κ1) is 31.4. The van der Waals surface area contributed by atoms with Gasteiger partial charge in [-0.05, 0) is 35.6 Å². The molecule has 0 radical (unpaired) electrons. The molecule has 0 aliphatic heterocycles. The summed E-state index contributed by atoms with van der Waals surface area (Å²) in [6.07, 6.45) is 0. The lowest BCUT2D eigenvalue weighted by atomic mass is 9.96. The first-order chi connectivity index (χ1) is 21.2. The molecule has 0 saturated carbocycles. The highest BCUT2D eigenvalue weighted by molar-refractivity contribution is 6.66. The van der Waals surface area contributed by atoms with Gasteiger partial charge in [0.25, 0.3) is 15.6 Å². The summed E-state index contributed by atoms with van der Waals surface area (Å²) in [7, 11) is 0. The van der Waals surface area contributed by atoms with Gasteiger partial charge in [0.05, 0.1) is 5.56 Å². The Balaban J connectivity index is 1.66. The molecule has 2 aromatic heterocycles. The van der Waals surface area contributed by atoms with Gasteiger partial charge in [-0.3, -0.25) is 4.79 Å². The monoisotopic (exact) mass is 654 g/mol. The predicted octanol–water partition coefficient (Wildman–Crippen LogP) is 8.25. The molecule has 228 valence electrons. The SMILES string of the molecule is CCNC(=O)c1noc(-c2cc(C(C)C)c(OCc3ccccc3)cc2OCc2ccccc2)c1-c1noc(C(Cl)(Cl)Cl)n1. The molecule has 0 aliphatic rings. The largest absolute Gasteiger partial charge is 0.488 e. The highest BCUT2D eigenvalue weighted by atomic mass is 35.6. The Morgan fingerprint density at radius 1 is 0.886 bits per heavy atom. The van der Waals surface area contributed by atoms with Crippen LogP contribution >= 0.6 is 34.8 Å². The van der Waals surface area contributed by atoms with Crippen molar-refractivity contribution < 1.29 is 23.3 Å². The Labute approximate surface area is 269 Å². The summed E-state index contributed by atoms with van der Waals surface area (Å²) in [6.45, 7) is 6.84. The minimum Gasteiger partial charge on any atom is -0.488 e. The molecule has 9 nitrogen and oxygen atoms in total. The summed E-state index contributed by atoms with van der Waals surface area (Å²) in [4.78, 5) is 17.3. The lowest BCUT2D eigenvalue weighted by molar-refractivity contribution is 0.0947. The van der Waals surface area contributed by atoms with Crippen molar-refractivity contribution in [1.82, 2.24) is 20.6 Å². The molecule has 12 heteroatoms. The molecule has 5 aromatic rings. The Bertz CT molecular complexity index is 1720. The van der Waals surface area contributed by atoms with E-state index >= 15 is 0 Å². The van der Waals surface area contributed by atoms with Gasteiger partial charge < -0.3 is 23.8 Å². The van der Waals surface area contributed by atoms with Crippen molar-refractivity contribution >= 4 is 40.7 Å². The number of carbonyl (C=O) groups is 1. The van der Waals surface area contributed by atoms with E-state index in [1.54, 1.807) is 6.92 Å². The van der Waals surface area contributed by atoms with Crippen LogP contribution in [0.15, 0.2) is 81.8 Å². The molecule has 44 heavy (non-hydrogen) atoms. The van der Waals surface area contributed by atoms with Crippen LogP contribution in [0.2, 0.25) is 0 Å². The van der Waals surface area contributed by atoms with Gasteiger partial charge in [-0.2, -0.15) is 4.98 Å². The third-order valence-corrected chi connectivity index (χ3v) is 7.07. The molecule has 5 rings (SSSR count). The minimum absolute atomic E-state index is 0.0399. The van der Waals surface area contributed by atoms with E-state index in [0.29, 0.717) is 30.2 Å². The van der Waals surface area contributed by atoms with Crippen LogP contribution < -0.4 is 14.8 Å². The Morgan fingerprint density at radius 2 is 1.50 bits per heavy atom. The second-order valence-corrected chi connectivity index (χ2v) is 12.4. The van der Waals surface area contributed by atoms with Crippen molar-refractivity contribution in [3.05, 3.63) is 101 Å². The van der Waals surface area contributed by atoms with E-state index in [4.69, 9.17) is 53.3 Å². The van der Waals surface area contributed by atoms with Crippen molar-refractivity contribution in [2.45, 2.75) is 43.7 Å². The number of hydrogen-bond acceptors (Lipinski definition) is 8. The van der Waals surface area contributed by atoms with Crippen molar-refractivity contribution in [3.63, 3.8) is 0 Å². The van der Waals surface area contributed by atoms with E-state index in [9.17, 15) is 4.79 Å². The van der Waals surface area contributed by atoms with Crippen LogP contribution in [0.4, 0.5) is 0 Å². The van der Waals surface area contributed by atoms with Crippen LogP contribution in [-0.4, -0.2) is 27.7 Å². The van der Waals surface area contributed by atoms with Gasteiger partial charge in [0, 0.05) is 12.6 Å². The lowest BCUT2D eigenvalue weighted by Crippen LogP contribution is -2.23. The third kappa shape index (κ3) is 7.18. The van der Waals surface area contributed by atoms with E-state index in [-0.39, 0.29) is 41.3 Å². The highest BCUT2D eigenvalue weighted by Crippen LogP contribution is 2.45. The molecule has 1 N–H and O–H groups in total. The van der Waals surface area contributed by atoms with Crippen LogP contribution in [0, 0.1) is 0 Å². The number of aromatic nitrogens is 3. The summed E-state index contributed by atoms with van der Waals surface area (Å²) in [5.74, 6) is 0.440. The summed E-state index contributed by atoms with van der Waals surface area (Å²) >= 11 is 18.0. The number of halogens is 3. The number of hydrogen-bond donors (Lipinski definition) is 1. The lowest BCUT2D eigenvalue weighted by Gasteiger charge is -2.19. The molecule has 0 unspecified atom stereocenters. The Kier molecular flexibility index (Phi) is 9.78. The smallest absolute Gasteiger partial charge is 0.279 e. The minimum atomic E-state index is -1.99. The highest BCUT2D eigenvalue weighted by Gasteiger charge is 2.35. The average molecular weight is 656 g/mol. The second kappa shape index (κ2) is 13.7. The Hall–Kier alpha value is -4.05. The number of nitrogens with zero attached hydrogens (tertiary/aromatic N) is 3. The number of rotatable bonds is 11. The van der Waals surface area contributed by atoms with Gasteiger partial charge in [0.15, 0.2) is 11.5 Å². The number of nitrogens with one attached hydrogen (secondary N) is 1. The van der Waals surface area contributed by atoms with Crippen molar-refractivity contribution in [2.24, 2.45) is 0 Å². The van der Waals surface area contributed by atoms with Gasteiger partial charge in [0.1, 0.15) is 30.3 Å². The maximum absolute atomic E-state index is 13.1. The van der Waals surface area contributed by atoms with Gasteiger partial charge >= 0.3 is 0 Å². The zero-order valence-corrected chi connectivity index (χ0v) is 26.4. The number of amides is 1. The van der Waals surface area contributed by atoms with Crippen LogP contribution in [-0.2, 0) is 17.0 Å². The van der Waals surface area contributed by atoms with E-state index in [1.807, 2.05) is 86.6 Å². The number of ether oxygens (including phenoxy) is 2. The van der Waals surface area contributed by atoms with E-state index in [0.717, 1.165) is 16.7 Å². The average Bonchev–Trinajstić information content (AvgIpc) is 3.68. The molecule has 2 heterocycles. The second-order valence-electron chi connectivity index (χ2n) is 10.1. The van der Waals surface area contributed by atoms with Crippen molar-refractivity contribution in [2.75, 3.05) is 6.54 Å².